The summed E-state index contributed by atoms with van der Waals surface area (Å²) in [6.07, 6.45) is 0.314. The minimum atomic E-state index is -1.05. The maximum atomic E-state index is 11.7. The molecule has 5 nitrogen and oxygen atoms in total. The first-order valence-electron chi connectivity index (χ1n) is 7.46. The predicted molar refractivity (Wildman–Crippen MR) is 84.9 cm³/mol. The Bertz CT molecular complexity index is 493. The molecular weight excluding hydrogens is 282 g/mol. The Balaban J connectivity index is 2.55. The molecule has 2 N–H and O–H groups in total. The van der Waals surface area contributed by atoms with Crippen molar-refractivity contribution in [3.05, 3.63) is 35.9 Å². The van der Waals surface area contributed by atoms with Gasteiger partial charge >= 0.3 is 12.1 Å². The number of carboxylic acid groups (broad SMARTS) is 1. The lowest BCUT2D eigenvalue weighted by Gasteiger charge is -2.22. The molecule has 0 saturated heterocycles. The lowest BCUT2D eigenvalue weighted by atomic mass is 9.94. The molecule has 1 aromatic rings. The molecule has 0 aliphatic heterocycles. The number of amides is 1. The zero-order valence-electron chi connectivity index (χ0n) is 13.6. The topological polar surface area (TPSA) is 75.6 Å². The average Bonchev–Trinajstić information content (AvgIpc) is 2.41. The summed E-state index contributed by atoms with van der Waals surface area (Å²) in [7, 11) is 0. The van der Waals surface area contributed by atoms with Crippen molar-refractivity contribution in [1.82, 2.24) is 5.32 Å². The normalized spacial score (nSPS) is 14.0. The molecular formula is C17H25NO4. The molecule has 0 heterocycles. The molecule has 1 aromatic carbocycles. The number of ether oxygens (including phenoxy) is 1. The highest BCUT2D eigenvalue weighted by Gasteiger charge is 2.24. The summed E-state index contributed by atoms with van der Waals surface area (Å²) in [5.41, 5.74) is 0.508. The van der Waals surface area contributed by atoms with Gasteiger partial charge in [0.05, 0.1) is 0 Å². The summed E-state index contributed by atoms with van der Waals surface area (Å²) >= 11 is 0. The Morgan fingerprint density at radius 2 is 1.77 bits per heavy atom. The monoisotopic (exact) mass is 307 g/mol. The van der Waals surface area contributed by atoms with Crippen molar-refractivity contribution < 1.29 is 19.4 Å². The molecule has 0 radical (unpaired) electrons. The highest BCUT2D eigenvalue weighted by Crippen LogP contribution is 2.21. The van der Waals surface area contributed by atoms with Crippen molar-refractivity contribution >= 4 is 12.1 Å². The van der Waals surface area contributed by atoms with Crippen LogP contribution >= 0.6 is 0 Å². The first kappa shape index (κ1) is 18.0. The molecule has 0 aliphatic rings. The molecule has 1 rings (SSSR count). The van der Waals surface area contributed by atoms with Crippen molar-refractivity contribution in [1.29, 1.82) is 0 Å². The zero-order chi connectivity index (χ0) is 16.8. The Morgan fingerprint density at radius 3 is 2.27 bits per heavy atom. The van der Waals surface area contributed by atoms with Crippen LogP contribution in [-0.2, 0) is 9.53 Å². The Hall–Kier alpha value is -2.04. The fourth-order valence-corrected chi connectivity index (χ4v) is 2.07. The molecule has 0 aromatic heterocycles. The van der Waals surface area contributed by atoms with Gasteiger partial charge in [-0.15, -0.1) is 0 Å². The van der Waals surface area contributed by atoms with Gasteiger partial charge in [0.1, 0.15) is 11.6 Å². The van der Waals surface area contributed by atoms with E-state index in [1.807, 2.05) is 37.3 Å². The molecule has 122 valence electrons. The van der Waals surface area contributed by atoms with Gasteiger partial charge in [-0.1, -0.05) is 37.3 Å². The highest BCUT2D eigenvalue weighted by atomic mass is 16.6. The van der Waals surface area contributed by atoms with Crippen molar-refractivity contribution in [3.8, 4) is 0 Å². The van der Waals surface area contributed by atoms with E-state index >= 15 is 0 Å². The van der Waals surface area contributed by atoms with Gasteiger partial charge in [-0.05, 0) is 45.1 Å². The fourth-order valence-electron chi connectivity index (χ4n) is 2.07. The summed E-state index contributed by atoms with van der Waals surface area (Å²) in [5.74, 6) is -0.824. The smallest absolute Gasteiger partial charge is 0.408 e. The summed E-state index contributed by atoms with van der Waals surface area (Å²) in [6, 6.07) is 8.95. The lowest BCUT2D eigenvalue weighted by molar-refractivity contribution is -0.139. The summed E-state index contributed by atoms with van der Waals surface area (Å²) < 4.78 is 5.10. The second-order valence-corrected chi connectivity index (χ2v) is 6.43. The number of hydrogen-bond acceptors (Lipinski definition) is 3. The second kappa shape index (κ2) is 7.82. The van der Waals surface area contributed by atoms with Crippen molar-refractivity contribution in [2.75, 3.05) is 0 Å². The number of rotatable bonds is 6. The maximum absolute atomic E-state index is 11.7. The van der Waals surface area contributed by atoms with E-state index in [1.165, 1.54) is 0 Å². The quantitative estimate of drug-likeness (QED) is 0.842. The van der Waals surface area contributed by atoms with Crippen LogP contribution in [0.15, 0.2) is 30.3 Å². The number of carbonyl (C=O) groups excluding carboxylic acids is 1. The van der Waals surface area contributed by atoms with Crippen LogP contribution in [0.1, 0.15) is 52.0 Å². The number of aliphatic carboxylic acids is 1. The number of carboxylic acids is 1. The lowest BCUT2D eigenvalue weighted by Crippen LogP contribution is -2.43. The minimum absolute atomic E-state index is 0.225. The molecule has 22 heavy (non-hydrogen) atoms. The van der Waals surface area contributed by atoms with Crippen LogP contribution in [0.2, 0.25) is 0 Å². The van der Waals surface area contributed by atoms with Gasteiger partial charge in [-0.2, -0.15) is 0 Å². The van der Waals surface area contributed by atoms with Gasteiger partial charge in [0.25, 0.3) is 0 Å². The van der Waals surface area contributed by atoms with E-state index in [0.29, 0.717) is 12.8 Å². The SMILES string of the molecule is CC(CCC(NC(=O)OC(C)(C)C)C(=O)O)c1ccccc1. The van der Waals surface area contributed by atoms with Crippen LogP contribution in [0.3, 0.4) is 0 Å². The third kappa shape index (κ3) is 6.61. The van der Waals surface area contributed by atoms with E-state index in [-0.39, 0.29) is 5.92 Å². The molecule has 0 spiro atoms. The third-order valence-corrected chi connectivity index (χ3v) is 3.25. The van der Waals surface area contributed by atoms with E-state index in [1.54, 1.807) is 20.8 Å². The van der Waals surface area contributed by atoms with Crippen LogP contribution in [0.4, 0.5) is 4.79 Å². The second-order valence-electron chi connectivity index (χ2n) is 6.43. The van der Waals surface area contributed by atoms with Gasteiger partial charge < -0.3 is 15.2 Å². The summed E-state index contributed by atoms with van der Waals surface area (Å²) in [4.78, 5) is 23.0. The Morgan fingerprint density at radius 1 is 1.18 bits per heavy atom. The van der Waals surface area contributed by atoms with E-state index in [4.69, 9.17) is 4.74 Å². The highest BCUT2D eigenvalue weighted by molar-refractivity contribution is 5.79. The van der Waals surface area contributed by atoms with Gasteiger partial charge in [0.2, 0.25) is 0 Å². The molecule has 5 heteroatoms. The van der Waals surface area contributed by atoms with Crippen molar-refractivity contribution in [2.45, 2.75) is 58.1 Å². The first-order chi connectivity index (χ1) is 10.2. The van der Waals surface area contributed by atoms with E-state index in [2.05, 4.69) is 5.32 Å². The average molecular weight is 307 g/mol. The maximum Gasteiger partial charge on any atom is 0.408 e. The van der Waals surface area contributed by atoms with Gasteiger partial charge in [0.15, 0.2) is 0 Å². The van der Waals surface area contributed by atoms with E-state index < -0.39 is 23.7 Å². The van der Waals surface area contributed by atoms with Crippen molar-refractivity contribution in [2.24, 2.45) is 0 Å². The van der Waals surface area contributed by atoms with Gasteiger partial charge in [-0.3, -0.25) is 0 Å². The Kier molecular flexibility index (Phi) is 6.40. The zero-order valence-corrected chi connectivity index (χ0v) is 13.6. The van der Waals surface area contributed by atoms with Crippen LogP contribution in [0.5, 0.6) is 0 Å². The van der Waals surface area contributed by atoms with Crippen molar-refractivity contribution in [3.63, 3.8) is 0 Å². The van der Waals surface area contributed by atoms with Crippen LogP contribution in [0, 0.1) is 0 Å². The van der Waals surface area contributed by atoms with Crippen LogP contribution in [0.25, 0.3) is 0 Å². The standard InChI is InChI=1S/C17H25NO4/c1-12(13-8-6-5-7-9-13)10-11-14(15(19)20)18-16(21)22-17(2,3)4/h5-9,12,14H,10-11H2,1-4H3,(H,18,21)(H,19,20). The largest absolute Gasteiger partial charge is 0.480 e. The first-order valence-corrected chi connectivity index (χ1v) is 7.46. The number of hydrogen-bond donors (Lipinski definition) is 2. The molecule has 0 fully saturated rings. The molecule has 0 bridgehead atoms. The molecule has 1 amide bonds. The molecule has 0 aliphatic carbocycles. The Labute approximate surface area is 131 Å². The number of alkyl carbamates (subject to hydrolysis) is 1. The minimum Gasteiger partial charge on any atom is -0.480 e. The summed E-state index contributed by atoms with van der Waals surface area (Å²) in [5, 5.41) is 11.7. The van der Waals surface area contributed by atoms with Crippen LogP contribution in [-0.4, -0.2) is 28.8 Å². The van der Waals surface area contributed by atoms with Crippen LogP contribution < -0.4 is 5.32 Å². The molecule has 0 saturated carbocycles. The van der Waals surface area contributed by atoms with E-state index in [9.17, 15) is 14.7 Å². The fraction of sp³-hybridized carbons (Fsp3) is 0.529. The number of carbonyl (C=O) groups is 2. The summed E-state index contributed by atoms with van der Waals surface area (Å²) in [6.45, 7) is 7.25. The number of benzene rings is 1. The predicted octanol–water partition coefficient (Wildman–Crippen LogP) is 3.55. The van der Waals surface area contributed by atoms with Gasteiger partial charge in [-0.25, -0.2) is 9.59 Å². The van der Waals surface area contributed by atoms with E-state index in [0.717, 1.165) is 5.56 Å². The molecule has 2 unspecified atom stereocenters. The third-order valence-electron chi connectivity index (χ3n) is 3.25. The van der Waals surface area contributed by atoms with Gasteiger partial charge in [0, 0.05) is 0 Å². The molecule has 2 atom stereocenters. The number of nitrogens with one attached hydrogen (secondary N) is 1.